The summed E-state index contributed by atoms with van der Waals surface area (Å²) in [7, 11) is 3.48. The summed E-state index contributed by atoms with van der Waals surface area (Å²) in [6.07, 6.45) is 3.15. The van der Waals surface area contributed by atoms with E-state index in [-0.39, 0.29) is 24.4 Å². The molecule has 0 radical (unpaired) electrons. The van der Waals surface area contributed by atoms with Gasteiger partial charge in [0, 0.05) is 39.9 Å². The van der Waals surface area contributed by atoms with Gasteiger partial charge in [-0.1, -0.05) is 0 Å². The van der Waals surface area contributed by atoms with Gasteiger partial charge < -0.3 is 19.9 Å². The van der Waals surface area contributed by atoms with Gasteiger partial charge in [-0.3, -0.25) is 4.90 Å². The molecule has 2 aliphatic rings. The number of nitrogens with two attached hydrogens (primary N) is 1. The molecule has 0 amide bonds. The molecule has 2 fully saturated rings. The Bertz CT molecular complexity index is 253. The molecule has 2 heterocycles. The first-order valence-corrected chi connectivity index (χ1v) is 6.84. The van der Waals surface area contributed by atoms with Crippen molar-refractivity contribution >= 4 is 0 Å². The van der Waals surface area contributed by atoms with Gasteiger partial charge in [0.1, 0.15) is 0 Å². The number of methoxy groups -OCH3 is 2. The lowest BCUT2D eigenvalue weighted by Gasteiger charge is -2.31. The molecule has 0 aromatic heterocycles. The lowest BCUT2D eigenvalue weighted by Crippen LogP contribution is -2.47. The van der Waals surface area contributed by atoms with Gasteiger partial charge in [-0.2, -0.15) is 0 Å². The molecule has 5 heteroatoms. The van der Waals surface area contributed by atoms with E-state index in [2.05, 4.69) is 11.8 Å². The summed E-state index contributed by atoms with van der Waals surface area (Å²) in [4.78, 5) is 2.37. The number of rotatable bonds is 5. The Kier molecular flexibility index (Phi) is 4.98. The van der Waals surface area contributed by atoms with Crippen LogP contribution >= 0.6 is 0 Å². The van der Waals surface area contributed by atoms with Gasteiger partial charge in [-0.25, -0.2) is 0 Å². The number of ether oxygens (including phenoxy) is 3. The van der Waals surface area contributed by atoms with Gasteiger partial charge in [-0.15, -0.1) is 0 Å². The van der Waals surface area contributed by atoms with E-state index in [4.69, 9.17) is 19.9 Å². The van der Waals surface area contributed by atoms with Crippen molar-refractivity contribution in [3.8, 4) is 0 Å². The summed E-state index contributed by atoms with van der Waals surface area (Å²) in [5.41, 5.74) is 5.95. The average molecular weight is 258 g/mol. The molecular formula is C13H26N2O3. The predicted molar refractivity (Wildman–Crippen MR) is 69.6 cm³/mol. The van der Waals surface area contributed by atoms with Crippen LogP contribution in [0.4, 0.5) is 0 Å². The fourth-order valence-corrected chi connectivity index (χ4v) is 3.15. The van der Waals surface area contributed by atoms with E-state index in [0.29, 0.717) is 12.6 Å². The fraction of sp³-hybridized carbons (Fsp3) is 1.00. The summed E-state index contributed by atoms with van der Waals surface area (Å²) >= 11 is 0. The average Bonchev–Trinajstić information content (AvgIpc) is 2.97. The molecule has 2 N–H and O–H groups in total. The van der Waals surface area contributed by atoms with E-state index < -0.39 is 0 Å². The third-order valence-electron chi connectivity index (χ3n) is 4.25. The van der Waals surface area contributed by atoms with Crippen molar-refractivity contribution in [3.05, 3.63) is 0 Å². The van der Waals surface area contributed by atoms with Crippen molar-refractivity contribution in [2.45, 2.75) is 50.2 Å². The minimum atomic E-state index is 0.142. The van der Waals surface area contributed by atoms with Gasteiger partial charge in [0.2, 0.25) is 0 Å². The Labute approximate surface area is 110 Å². The van der Waals surface area contributed by atoms with Crippen LogP contribution in [0.25, 0.3) is 0 Å². The van der Waals surface area contributed by atoms with E-state index in [0.717, 1.165) is 25.9 Å². The van der Waals surface area contributed by atoms with Gasteiger partial charge >= 0.3 is 0 Å². The van der Waals surface area contributed by atoms with Gasteiger partial charge in [0.05, 0.1) is 24.4 Å². The van der Waals surface area contributed by atoms with E-state index >= 15 is 0 Å². The molecule has 106 valence electrons. The van der Waals surface area contributed by atoms with Crippen LogP contribution in [0.2, 0.25) is 0 Å². The maximum absolute atomic E-state index is 5.96. The highest BCUT2D eigenvalue weighted by molar-refractivity contribution is 4.94. The second-order valence-corrected chi connectivity index (χ2v) is 5.37. The third kappa shape index (κ3) is 2.86. The quantitative estimate of drug-likeness (QED) is 0.765. The Morgan fingerprint density at radius 2 is 1.83 bits per heavy atom. The van der Waals surface area contributed by atoms with Crippen LogP contribution in [-0.2, 0) is 14.2 Å². The zero-order chi connectivity index (χ0) is 13.1. The van der Waals surface area contributed by atoms with Crippen LogP contribution in [0, 0.1) is 0 Å². The minimum Gasteiger partial charge on any atom is -0.377 e. The molecule has 0 saturated carbocycles. The molecule has 2 aliphatic heterocycles. The normalized spacial score (nSPS) is 39.3. The van der Waals surface area contributed by atoms with Crippen LogP contribution in [0.15, 0.2) is 0 Å². The maximum Gasteiger partial charge on any atom is 0.0971 e. The summed E-state index contributed by atoms with van der Waals surface area (Å²) in [5.74, 6) is 0. The molecule has 0 spiro atoms. The van der Waals surface area contributed by atoms with Crippen molar-refractivity contribution < 1.29 is 14.2 Å². The SMILES string of the molecule is COC1CN(C(CN)C2CCC(C)O2)CC1OC. The molecule has 5 nitrogen and oxygen atoms in total. The molecular weight excluding hydrogens is 232 g/mol. The van der Waals surface area contributed by atoms with E-state index in [1.807, 2.05) is 0 Å². The summed E-state index contributed by atoms with van der Waals surface area (Å²) in [6, 6.07) is 0.285. The molecule has 5 unspecified atom stereocenters. The predicted octanol–water partition coefficient (Wildman–Crippen LogP) is 0.227. The molecule has 5 atom stereocenters. The molecule has 0 bridgehead atoms. The van der Waals surface area contributed by atoms with Crippen LogP contribution in [-0.4, -0.2) is 69.2 Å². The Hall–Kier alpha value is -0.200. The number of hydrogen-bond acceptors (Lipinski definition) is 5. The first-order chi connectivity index (χ1) is 8.69. The van der Waals surface area contributed by atoms with Gasteiger partial charge in [0.25, 0.3) is 0 Å². The Morgan fingerprint density at radius 3 is 2.22 bits per heavy atom. The van der Waals surface area contributed by atoms with E-state index in [9.17, 15) is 0 Å². The maximum atomic E-state index is 5.96. The fourth-order valence-electron chi connectivity index (χ4n) is 3.15. The molecule has 0 aromatic carbocycles. The van der Waals surface area contributed by atoms with Gasteiger partial charge in [-0.05, 0) is 19.8 Å². The monoisotopic (exact) mass is 258 g/mol. The summed E-state index contributed by atoms with van der Waals surface area (Å²) < 4.78 is 16.9. The third-order valence-corrected chi connectivity index (χ3v) is 4.25. The second kappa shape index (κ2) is 6.30. The Morgan fingerprint density at radius 1 is 1.22 bits per heavy atom. The van der Waals surface area contributed by atoms with E-state index in [1.54, 1.807) is 14.2 Å². The van der Waals surface area contributed by atoms with Crippen LogP contribution in [0.5, 0.6) is 0 Å². The highest BCUT2D eigenvalue weighted by atomic mass is 16.5. The standard InChI is InChI=1S/C13H26N2O3/c1-9-4-5-11(18-9)10(6-14)15-7-12(16-2)13(8-15)17-3/h9-13H,4-8,14H2,1-3H3. The van der Waals surface area contributed by atoms with Crippen molar-refractivity contribution in [3.63, 3.8) is 0 Å². The van der Waals surface area contributed by atoms with Crippen molar-refractivity contribution in [2.75, 3.05) is 33.9 Å². The molecule has 2 saturated heterocycles. The smallest absolute Gasteiger partial charge is 0.0971 e. The molecule has 0 aromatic rings. The first kappa shape index (κ1) is 14.2. The molecule has 2 rings (SSSR count). The Balaban J connectivity index is 1.96. The zero-order valence-electron chi connectivity index (χ0n) is 11.7. The van der Waals surface area contributed by atoms with Crippen molar-refractivity contribution in [1.82, 2.24) is 4.90 Å². The van der Waals surface area contributed by atoms with E-state index in [1.165, 1.54) is 0 Å². The highest BCUT2D eigenvalue weighted by Gasteiger charge is 2.40. The second-order valence-electron chi connectivity index (χ2n) is 5.37. The largest absolute Gasteiger partial charge is 0.377 e. The van der Waals surface area contributed by atoms with Crippen molar-refractivity contribution in [1.29, 1.82) is 0 Å². The first-order valence-electron chi connectivity index (χ1n) is 6.84. The highest BCUT2D eigenvalue weighted by Crippen LogP contribution is 2.27. The lowest BCUT2D eigenvalue weighted by molar-refractivity contribution is -0.00461. The van der Waals surface area contributed by atoms with Gasteiger partial charge in [0.15, 0.2) is 0 Å². The van der Waals surface area contributed by atoms with Crippen LogP contribution in [0.1, 0.15) is 19.8 Å². The number of likely N-dealkylation sites (tertiary alicyclic amines) is 1. The van der Waals surface area contributed by atoms with Crippen molar-refractivity contribution in [2.24, 2.45) is 5.73 Å². The number of hydrogen-bond donors (Lipinski definition) is 1. The molecule has 18 heavy (non-hydrogen) atoms. The molecule has 0 aliphatic carbocycles. The van der Waals surface area contributed by atoms with Crippen LogP contribution in [0.3, 0.4) is 0 Å². The summed E-state index contributed by atoms with van der Waals surface area (Å²) in [5, 5.41) is 0. The minimum absolute atomic E-state index is 0.142. The van der Waals surface area contributed by atoms with Crippen LogP contribution < -0.4 is 5.73 Å². The number of nitrogens with zero attached hydrogens (tertiary/aromatic N) is 1. The zero-order valence-corrected chi connectivity index (χ0v) is 11.7. The summed E-state index contributed by atoms with van der Waals surface area (Å²) in [6.45, 7) is 4.52. The topological polar surface area (TPSA) is 57.0 Å². The lowest BCUT2D eigenvalue weighted by atomic mass is 10.1.